The molecule has 2 rings (SSSR count). The Kier molecular flexibility index (Phi) is 5.17. The molecule has 0 saturated carbocycles. The lowest BCUT2D eigenvalue weighted by molar-refractivity contribution is -0.0389. The molecule has 0 N–H and O–H groups in total. The number of methoxy groups -OCH3 is 2. The second-order valence-corrected chi connectivity index (χ2v) is 5.00. The van der Waals surface area contributed by atoms with Crippen LogP contribution in [0.4, 0.5) is 0 Å². The smallest absolute Gasteiger partial charge is 0.0748 e. The molecule has 0 unspecified atom stereocenters. The number of piperidine rings is 1. The van der Waals surface area contributed by atoms with Crippen molar-refractivity contribution >= 4 is 0 Å². The normalized spacial score (nSPS) is 25.2. The minimum absolute atomic E-state index is 0.294. The van der Waals surface area contributed by atoms with Crippen LogP contribution in [-0.4, -0.2) is 44.9 Å². The van der Waals surface area contributed by atoms with Crippen LogP contribution in [-0.2, 0) is 16.0 Å². The van der Waals surface area contributed by atoms with E-state index in [4.69, 9.17) is 9.47 Å². The maximum Gasteiger partial charge on any atom is 0.0748 e. The molecule has 1 fully saturated rings. The average molecular weight is 249 g/mol. The highest BCUT2D eigenvalue weighted by Crippen LogP contribution is 2.21. The molecule has 1 aromatic rings. The molecule has 1 aliphatic rings. The SMILES string of the molecule is COC[C@@H]1CCN(Cc2ccccc2)C[C@@H]1OC. The topological polar surface area (TPSA) is 21.7 Å². The molecule has 0 radical (unpaired) electrons. The molecular weight excluding hydrogens is 226 g/mol. The third-order valence-corrected chi connectivity index (χ3v) is 3.71. The van der Waals surface area contributed by atoms with Crippen LogP contribution in [0, 0.1) is 5.92 Å². The Morgan fingerprint density at radius 3 is 2.67 bits per heavy atom. The van der Waals surface area contributed by atoms with Gasteiger partial charge in [-0.15, -0.1) is 0 Å². The van der Waals surface area contributed by atoms with Crippen LogP contribution in [0.15, 0.2) is 30.3 Å². The molecule has 0 bridgehead atoms. The van der Waals surface area contributed by atoms with E-state index < -0.39 is 0 Å². The van der Waals surface area contributed by atoms with Gasteiger partial charge in [-0.1, -0.05) is 30.3 Å². The molecular formula is C15H23NO2. The van der Waals surface area contributed by atoms with Crippen molar-refractivity contribution in [2.45, 2.75) is 19.1 Å². The minimum Gasteiger partial charge on any atom is -0.384 e. The van der Waals surface area contributed by atoms with Gasteiger partial charge in [0.2, 0.25) is 0 Å². The fourth-order valence-electron chi connectivity index (χ4n) is 2.69. The Hall–Kier alpha value is -0.900. The van der Waals surface area contributed by atoms with Crippen LogP contribution < -0.4 is 0 Å². The zero-order valence-corrected chi connectivity index (χ0v) is 11.3. The lowest BCUT2D eigenvalue weighted by Crippen LogP contribution is -2.45. The Balaban J connectivity index is 1.89. The first-order valence-electron chi connectivity index (χ1n) is 6.61. The molecule has 18 heavy (non-hydrogen) atoms. The van der Waals surface area contributed by atoms with Crippen molar-refractivity contribution in [2.75, 3.05) is 33.9 Å². The predicted molar refractivity (Wildman–Crippen MR) is 72.5 cm³/mol. The number of rotatable bonds is 5. The van der Waals surface area contributed by atoms with Gasteiger partial charge in [0.15, 0.2) is 0 Å². The number of benzene rings is 1. The van der Waals surface area contributed by atoms with Gasteiger partial charge in [-0.3, -0.25) is 4.90 Å². The summed E-state index contributed by atoms with van der Waals surface area (Å²) in [5.41, 5.74) is 1.37. The Labute approximate surface area is 110 Å². The average Bonchev–Trinajstić information content (AvgIpc) is 2.42. The predicted octanol–water partition coefficient (Wildman–Crippen LogP) is 2.17. The van der Waals surface area contributed by atoms with Gasteiger partial charge in [0.1, 0.15) is 0 Å². The summed E-state index contributed by atoms with van der Waals surface area (Å²) in [6, 6.07) is 10.6. The quantitative estimate of drug-likeness (QED) is 0.798. The van der Waals surface area contributed by atoms with Crippen molar-refractivity contribution in [2.24, 2.45) is 5.92 Å². The highest BCUT2D eigenvalue weighted by Gasteiger charge is 2.28. The van der Waals surface area contributed by atoms with E-state index in [1.165, 1.54) is 5.56 Å². The fraction of sp³-hybridized carbons (Fsp3) is 0.600. The molecule has 0 amide bonds. The van der Waals surface area contributed by atoms with E-state index in [9.17, 15) is 0 Å². The van der Waals surface area contributed by atoms with E-state index in [0.717, 1.165) is 32.7 Å². The van der Waals surface area contributed by atoms with Crippen molar-refractivity contribution in [1.82, 2.24) is 4.90 Å². The summed E-state index contributed by atoms with van der Waals surface area (Å²) in [4.78, 5) is 2.47. The molecule has 1 aliphatic heterocycles. The molecule has 0 aromatic heterocycles. The summed E-state index contributed by atoms with van der Waals surface area (Å²) in [7, 11) is 3.57. The maximum absolute atomic E-state index is 5.60. The van der Waals surface area contributed by atoms with Gasteiger partial charge in [0.25, 0.3) is 0 Å². The van der Waals surface area contributed by atoms with E-state index in [1.807, 2.05) is 0 Å². The zero-order valence-electron chi connectivity index (χ0n) is 11.3. The number of ether oxygens (including phenoxy) is 2. The van der Waals surface area contributed by atoms with Crippen LogP contribution in [0.1, 0.15) is 12.0 Å². The van der Waals surface area contributed by atoms with E-state index in [2.05, 4.69) is 35.2 Å². The zero-order chi connectivity index (χ0) is 12.8. The van der Waals surface area contributed by atoms with Crippen LogP contribution in [0.2, 0.25) is 0 Å². The van der Waals surface area contributed by atoms with E-state index in [-0.39, 0.29) is 0 Å². The number of hydrogen-bond acceptors (Lipinski definition) is 3. The largest absolute Gasteiger partial charge is 0.384 e. The molecule has 2 atom stereocenters. The highest BCUT2D eigenvalue weighted by atomic mass is 16.5. The summed E-state index contributed by atoms with van der Waals surface area (Å²) < 4.78 is 10.9. The van der Waals surface area contributed by atoms with Crippen LogP contribution >= 0.6 is 0 Å². The first-order chi connectivity index (χ1) is 8.83. The number of nitrogens with zero attached hydrogens (tertiary/aromatic N) is 1. The van der Waals surface area contributed by atoms with E-state index in [1.54, 1.807) is 14.2 Å². The number of likely N-dealkylation sites (tertiary alicyclic amines) is 1. The summed E-state index contributed by atoms with van der Waals surface area (Å²) >= 11 is 0. The summed E-state index contributed by atoms with van der Waals surface area (Å²) in [6.07, 6.45) is 1.45. The van der Waals surface area contributed by atoms with Crippen LogP contribution in [0.3, 0.4) is 0 Å². The Morgan fingerprint density at radius 1 is 1.22 bits per heavy atom. The first-order valence-corrected chi connectivity index (χ1v) is 6.61. The van der Waals surface area contributed by atoms with Crippen LogP contribution in [0.5, 0.6) is 0 Å². The van der Waals surface area contributed by atoms with Gasteiger partial charge < -0.3 is 9.47 Å². The summed E-state index contributed by atoms with van der Waals surface area (Å²) in [5, 5.41) is 0. The minimum atomic E-state index is 0.294. The molecule has 1 saturated heterocycles. The first kappa shape index (κ1) is 13.5. The van der Waals surface area contributed by atoms with Gasteiger partial charge >= 0.3 is 0 Å². The van der Waals surface area contributed by atoms with Gasteiger partial charge in [-0.05, 0) is 18.5 Å². The third kappa shape index (κ3) is 3.55. The highest BCUT2D eigenvalue weighted by molar-refractivity contribution is 5.14. The second-order valence-electron chi connectivity index (χ2n) is 5.00. The molecule has 3 nitrogen and oxygen atoms in total. The van der Waals surface area contributed by atoms with Gasteiger partial charge in [0, 0.05) is 33.2 Å². The lowest BCUT2D eigenvalue weighted by Gasteiger charge is -2.37. The van der Waals surface area contributed by atoms with Gasteiger partial charge in [0.05, 0.1) is 12.7 Å². The van der Waals surface area contributed by atoms with Crippen molar-refractivity contribution in [3.63, 3.8) is 0 Å². The molecule has 3 heteroatoms. The lowest BCUT2D eigenvalue weighted by atomic mass is 9.94. The molecule has 1 aromatic carbocycles. The van der Waals surface area contributed by atoms with Crippen molar-refractivity contribution < 1.29 is 9.47 Å². The third-order valence-electron chi connectivity index (χ3n) is 3.71. The van der Waals surface area contributed by atoms with Gasteiger partial charge in [-0.2, -0.15) is 0 Å². The summed E-state index contributed by atoms with van der Waals surface area (Å²) in [5.74, 6) is 0.534. The van der Waals surface area contributed by atoms with Crippen molar-refractivity contribution in [3.05, 3.63) is 35.9 Å². The molecule has 1 heterocycles. The van der Waals surface area contributed by atoms with Crippen molar-refractivity contribution in [1.29, 1.82) is 0 Å². The molecule has 100 valence electrons. The standard InChI is InChI=1S/C15H23NO2/c1-17-12-14-8-9-16(11-15(14)18-2)10-13-6-4-3-5-7-13/h3-7,14-15H,8-12H2,1-2H3/t14-,15-/m0/s1. The van der Waals surface area contributed by atoms with E-state index in [0.29, 0.717) is 12.0 Å². The van der Waals surface area contributed by atoms with Gasteiger partial charge in [-0.25, -0.2) is 0 Å². The molecule has 0 spiro atoms. The monoisotopic (exact) mass is 249 g/mol. The van der Waals surface area contributed by atoms with E-state index >= 15 is 0 Å². The number of hydrogen-bond donors (Lipinski definition) is 0. The van der Waals surface area contributed by atoms with Crippen molar-refractivity contribution in [3.8, 4) is 0 Å². The fourth-order valence-corrected chi connectivity index (χ4v) is 2.69. The summed E-state index contributed by atoms with van der Waals surface area (Å²) in [6.45, 7) is 3.94. The van der Waals surface area contributed by atoms with Crippen LogP contribution in [0.25, 0.3) is 0 Å². The molecule has 0 aliphatic carbocycles. The Bertz CT molecular complexity index is 342. The maximum atomic E-state index is 5.60. The second kappa shape index (κ2) is 6.88. The Morgan fingerprint density at radius 2 is 2.00 bits per heavy atom.